The summed E-state index contributed by atoms with van der Waals surface area (Å²) < 4.78 is 0. The number of para-hydroxylation sites is 3. The fourth-order valence-corrected chi connectivity index (χ4v) is 15.0. The van der Waals surface area contributed by atoms with Crippen LogP contribution in [-0.4, -0.2) is 12.1 Å². The van der Waals surface area contributed by atoms with Gasteiger partial charge in [0.1, 0.15) is 0 Å². The van der Waals surface area contributed by atoms with Crippen molar-refractivity contribution < 1.29 is 0 Å². The van der Waals surface area contributed by atoms with Crippen LogP contribution in [0, 0.1) is 5.92 Å². The lowest BCUT2D eigenvalue weighted by atomic mass is 9.64. The van der Waals surface area contributed by atoms with E-state index < -0.39 is 0 Å². The largest absolute Gasteiger partial charge is 0.362 e. The van der Waals surface area contributed by atoms with Gasteiger partial charge in [0.2, 0.25) is 0 Å². The molecule has 0 amide bonds. The SMILES string of the molecule is C1=CC2(N3CCCc4ccccc43)CC2C2=C1c1ccc(C=Cc3ccc4c(c3)C3(CCCC3)c3cc(N5c6ccccc6Sc6ccccc65)ccc3-4)cc1C1(CCCC1)C2. The molecular weight excluding hydrogens is 769 g/mol. The Morgan fingerprint density at radius 3 is 1.97 bits per heavy atom. The first kappa shape index (κ1) is 36.0. The molecule has 3 saturated carbocycles. The highest BCUT2D eigenvalue weighted by molar-refractivity contribution is 7.99. The van der Waals surface area contributed by atoms with Crippen LogP contribution < -0.4 is 9.80 Å². The Balaban J connectivity index is 0.791. The Kier molecular flexibility index (Phi) is 7.70. The minimum atomic E-state index is 0.0737. The van der Waals surface area contributed by atoms with Gasteiger partial charge in [-0.25, -0.2) is 0 Å². The summed E-state index contributed by atoms with van der Waals surface area (Å²) in [6.07, 6.45) is 25.4. The number of benzene rings is 6. The number of fused-ring (bicyclic) bond motifs is 13. The molecule has 14 rings (SSSR count). The third-order valence-electron chi connectivity index (χ3n) is 16.9. The molecule has 0 bridgehead atoms. The van der Waals surface area contributed by atoms with Gasteiger partial charge in [-0.3, -0.25) is 0 Å². The zero-order valence-corrected chi connectivity index (χ0v) is 36.3. The summed E-state index contributed by atoms with van der Waals surface area (Å²) in [6, 6.07) is 49.3. The lowest BCUT2D eigenvalue weighted by Gasteiger charge is -2.43. The fraction of sp³-hybridized carbons (Fsp3) is 0.288. The molecule has 3 heteroatoms. The Bertz CT molecular complexity index is 2930. The topological polar surface area (TPSA) is 6.48 Å². The van der Waals surface area contributed by atoms with Crippen LogP contribution in [0.2, 0.25) is 0 Å². The summed E-state index contributed by atoms with van der Waals surface area (Å²) >= 11 is 1.89. The van der Waals surface area contributed by atoms with Crippen LogP contribution in [0.1, 0.15) is 110 Å². The van der Waals surface area contributed by atoms with Gasteiger partial charge in [-0.05, 0) is 155 Å². The van der Waals surface area contributed by atoms with Crippen molar-refractivity contribution >= 4 is 52.2 Å². The number of hydrogen-bond donors (Lipinski definition) is 0. The normalized spacial score (nSPS) is 23.8. The third kappa shape index (κ3) is 5.06. The predicted octanol–water partition coefficient (Wildman–Crippen LogP) is 15.4. The molecule has 6 aliphatic carbocycles. The van der Waals surface area contributed by atoms with Crippen LogP contribution in [0.4, 0.5) is 22.7 Å². The molecule has 0 saturated heterocycles. The van der Waals surface area contributed by atoms with E-state index in [1.165, 1.54) is 155 Å². The summed E-state index contributed by atoms with van der Waals surface area (Å²) in [7, 11) is 0. The van der Waals surface area contributed by atoms with Crippen molar-refractivity contribution in [3.8, 4) is 11.1 Å². The molecule has 2 spiro atoms. The monoisotopic (exact) mass is 820 g/mol. The van der Waals surface area contributed by atoms with Crippen molar-refractivity contribution in [1.82, 2.24) is 0 Å². The van der Waals surface area contributed by atoms with Crippen LogP contribution >= 0.6 is 11.8 Å². The third-order valence-corrected chi connectivity index (χ3v) is 18.0. The van der Waals surface area contributed by atoms with Crippen LogP contribution in [0.25, 0.3) is 28.9 Å². The van der Waals surface area contributed by atoms with Crippen LogP contribution in [0.3, 0.4) is 0 Å². The van der Waals surface area contributed by atoms with Gasteiger partial charge in [-0.15, -0.1) is 0 Å². The summed E-state index contributed by atoms with van der Waals surface area (Å²) in [5.41, 5.74) is 22.4. The maximum Gasteiger partial charge on any atom is 0.0661 e. The standard InChI is InChI=1S/C59H52N2S/c1-2-14-52-41(12-1)13-11-33-60(52)59-32-27-43-44-24-21-39(34-48(44)57(28-7-8-29-57)37-47(43)51(59)38-59)19-20-40-22-25-45-46-26-23-42(36-50(46)58(49(45)35-40)30-9-10-31-58)61-53-15-3-5-17-55(53)62-56-18-6-4-16-54(56)61/h1-6,12,14-27,32,34-36,51H,7-11,13,28-31,33,37-38H2. The Morgan fingerprint density at radius 2 is 1.21 bits per heavy atom. The average molecular weight is 821 g/mol. The number of nitrogens with zero attached hydrogens (tertiary/aromatic N) is 2. The second-order valence-electron chi connectivity index (χ2n) is 19.9. The molecule has 0 N–H and O–H groups in total. The first-order valence-electron chi connectivity index (χ1n) is 23.7. The molecule has 6 aromatic rings. The molecule has 3 fully saturated rings. The summed E-state index contributed by atoms with van der Waals surface area (Å²) in [5.74, 6) is 0.650. The van der Waals surface area contributed by atoms with E-state index in [2.05, 4.69) is 161 Å². The number of anilines is 4. The Morgan fingerprint density at radius 1 is 0.581 bits per heavy atom. The molecule has 2 nitrogen and oxygen atoms in total. The number of hydrogen-bond acceptors (Lipinski definition) is 3. The summed E-state index contributed by atoms with van der Waals surface area (Å²) in [5, 5.41) is 0. The molecule has 8 aliphatic rings. The highest BCUT2D eigenvalue weighted by Gasteiger charge is 2.62. The molecule has 62 heavy (non-hydrogen) atoms. The van der Waals surface area contributed by atoms with E-state index in [0.29, 0.717) is 5.92 Å². The molecule has 0 radical (unpaired) electrons. The van der Waals surface area contributed by atoms with Crippen LogP contribution in [-0.2, 0) is 17.3 Å². The Labute approximate surface area is 371 Å². The van der Waals surface area contributed by atoms with E-state index in [0.717, 1.165) is 0 Å². The zero-order valence-electron chi connectivity index (χ0n) is 35.5. The zero-order chi connectivity index (χ0) is 40.6. The predicted molar refractivity (Wildman–Crippen MR) is 259 cm³/mol. The first-order valence-corrected chi connectivity index (χ1v) is 24.5. The smallest absolute Gasteiger partial charge is 0.0661 e. The number of aryl methyl sites for hydroxylation is 1. The van der Waals surface area contributed by atoms with Crippen molar-refractivity contribution in [1.29, 1.82) is 0 Å². The van der Waals surface area contributed by atoms with E-state index in [4.69, 9.17) is 0 Å². The number of rotatable bonds is 4. The minimum Gasteiger partial charge on any atom is -0.362 e. The van der Waals surface area contributed by atoms with Crippen molar-refractivity contribution in [2.75, 3.05) is 16.3 Å². The van der Waals surface area contributed by atoms with Gasteiger partial charge in [0.05, 0.1) is 16.9 Å². The lowest BCUT2D eigenvalue weighted by Crippen LogP contribution is -2.43. The van der Waals surface area contributed by atoms with E-state index in [9.17, 15) is 0 Å². The van der Waals surface area contributed by atoms with Crippen molar-refractivity contribution in [3.05, 3.63) is 184 Å². The molecule has 2 atom stereocenters. The van der Waals surface area contributed by atoms with E-state index in [-0.39, 0.29) is 16.4 Å². The van der Waals surface area contributed by atoms with Crippen molar-refractivity contribution in [2.24, 2.45) is 5.92 Å². The van der Waals surface area contributed by atoms with Crippen molar-refractivity contribution in [2.45, 2.75) is 103 Å². The highest BCUT2D eigenvalue weighted by atomic mass is 32.2. The second kappa shape index (κ2) is 13.3. The molecule has 2 aliphatic heterocycles. The fourth-order valence-electron chi connectivity index (χ4n) is 14.0. The van der Waals surface area contributed by atoms with E-state index >= 15 is 0 Å². The van der Waals surface area contributed by atoms with Gasteiger partial charge in [0.25, 0.3) is 0 Å². The molecule has 0 aromatic heterocycles. The Hall–Kier alpha value is -5.51. The maximum atomic E-state index is 2.80. The van der Waals surface area contributed by atoms with Crippen molar-refractivity contribution in [3.63, 3.8) is 0 Å². The van der Waals surface area contributed by atoms with Gasteiger partial charge < -0.3 is 9.80 Å². The van der Waals surface area contributed by atoms with Gasteiger partial charge in [-0.1, -0.05) is 152 Å². The highest BCUT2D eigenvalue weighted by Crippen LogP contribution is 2.65. The molecule has 304 valence electrons. The molecule has 2 unspecified atom stereocenters. The van der Waals surface area contributed by atoms with E-state index in [1.807, 2.05) is 11.8 Å². The van der Waals surface area contributed by atoms with Crippen LogP contribution in [0.15, 0.2) is 155 Å². The van der Waals surface area contributed by atoms with Gasteiger partial charge in [0, 0.05) is 39.0 Å². The molecular formula is C59H52N2S. The van der Waals surface area contributed by atoms with Gasteiger partial charge in [-0.2, -0.15) is 0 Å². The average Bonchev–Trinajstić information content (AvgIpc) is 3.55. The van der Waals surface area contributed by atoms with Crippen LogP contribution in [0.5, 0.6) is 0 Å². The summed E-state index contributed by atoms with van der Waals surface area (Å²) in [6.45, 7) is 1.18. The van der Waals surface area contributed by atoms with Gasteiger partial charge in [0.15, 0.2) is 0 Å². The van der Waals surface area contributed by atoms with Gasteiger partial charge >= 0.3 is 0 Å². The van der Waals surface area contributed by atoms with E-state index in [1.54, 1.807) is 22.3 Å². The second-order valence-corrected chi connectivity index (χ2v) is 21.0. The molecule has 2 heterocycles. The lowest BCUT2D eigenvalue weighted by molar-refractivity contribution is 0.417. The summed E-state index contributed by atoms with van der Waals surface area (Å²) in [4.78, 5) is 7.94. The molecule has 6 aromatic carbocycles. The maximum absolute atomic E-state index is 2.80. The first-order chi connectivity index (χ1) is 30.6. The quantitative estimate of drug-likeness (QED) is 0.163. The number of allylic oxidation sites excluding steroid dienone is 2. The minimum absolute atomic E-state index is 0.0737.